The highest BCUT2D eigenvalue weighted by Gasteiger charge is 2.41. The Labute approximate surface area is 85.7 Å². The monoisotopic (exact) mass is 196 g/mol. The number of rotatable bonds is 4. The molecule has 2 heteroatoms. The minimum atomic E-state index is -0.589. The molecule has 0 aliphatic heterocycles. The Bertz CT molecular complexity index is 202. The topological polar surface area (TPSA) is 37.3 Å². The molecular weight excluding hydrogens is 176 g/mol. The van der Waals surface area contributed by atoms with E-state index in [0.29, 0.717) is 5.92 Å². The Morgan fingerprint density at radius 2 is 1.57 bits per heavy atom. The summed E-state index contributed by atoms with van der Waals surface area (Å²) in [6, 6.07) is 0. The average molecular weight is 196 g/mol. The third-order valence-corrected chi connectivity index (χ3v) is 4.36. The molecule has 0 radical (unpaired) electrons. The third kappa shape index (κ3) is 1.67. The van der Waals surface area contributed by atoms with Gasteiger partial charge < -0.3 is 5.11 Å². The van der Waals surface area contributed by atoms with Crippen LogP contribution in [0.5, 0.6) is 0 Å². The van der Waals surface area contributed by atoms with E-state index in [4.69, 9.17) is 5.11 Å². The van der Waals surface area contributed by atoms with Gasteiger partial charge in [0.2, 0.25) is 0 Å². The van der Waals surface area contributed by atoms with E-state index in [1.165, 1.54) is 38.5 Å². The second kappa shape index (κ2) is 3.92. The first-order valence-electron chi connectivity index (χ1n) is 5.93. The van der Waals surface area contributed by atoms with E-state index in [2.05, 4.69) is 0 Å². The molecule has 0 aromatic heterocycles. The largest absolute Gasteiger partial charge is 0.481 e. The SMILES string of the molecule is C[C@H](C(=O)O)C(C1CCC1)C1CCC1. The number of hydrogen-bond donors (Lipinski definition) is 1. The highest BCUT2D eigenvalue weighted by Crippen LogP contribution is 2.47. The van der Waals surface area contributed by atoms with Crippen LogP contribution in [0.4, 0.5) is 0 Å². The van der Waals surface area contributed by atoms with Gasteiger partial charge in [-0.3, -0.25) is 4.79 Å². The molecule has 2 fully saturated rings. The number of hydrogen-bond acceptors (Lipinski definition) is 1. The van der Waals surface area contributed by atoms with Gasteiger partial charge in [-0.15, -0.1) is 0 Å². The van der Waals surface area contributed by atoms with Gasteiger partial charge in [0.15, 0.2) is 0 Å². The summed E-state index contributed by atoms with van der Waals surface area (Å²) in [5.41, 5.74) is 0. The Hall–Kier alpha value is -0.530. The fraction of sp³-hybridized carbons (Fsp3) is 0.917. The van der Waals surface area contributed by atoms with Gasteiger partial charge in [0.1, 0.15) is 0 Å². The fourth-order valence-corrected chi connectivity index (χ4v) is 3.02. The van der Waals surface area contributed by atoms with Crippen LogP contribution in [0.1, 0.15) is 45.4 Å². The van der Waals surface area contributed by atoms with Crippen molar-refractivity contribution < 1.29 is 9.90 Å². The van der Waals surface area contributed by atoms with Crippen molar-refractivity contribution in [2.24, 2.45) is 23.7 Å². The van der Waals surface area contributed by atoms with E-state index in [-0.39, 0.29) is 5.92 Å². The van der Waals surface area contributed by atoms with Gasteiger partial charge in [0, 0.05) is 0 Å². The van der Waals surface area contributed by atoms with E-state index < -0.39 is 5.97 Å². The zero-order valence-electron chi connectivity index (χ0n) is 8.91. The van der Waals surface area contributed by atoms with E-state index in [9.17, 15) is 4.79 Å². The van der Waals surface area contributed by atoms with Crippen molar-refractivity contribution in [1.82, 2.24) is 0 Å². The van der Waals surface area contributed by atoms with E-state index in [0.717, 1.165) is 11.8 Å². The standard InChI is InChI=1S/C12H20O2/c1-8(12(13)14)11(9-4-2-5-9)10-6-3-7-10/h8-11H,2-7H2,1H3,(H,13,14)/t8-/m0/s1. The van der Waals surface area contributed by atoms with Crippen molar-refractivity contribution in [3.63, 3.8) is 0 Å². The summed E-state index contributed by atoms with van der Waals surface area (Å²) >= 11 is 0. The van der Waals surface area contributed by atoms with Gasteiger partial charge in [0.05, 0.1) is 5.92 Å². The first-order chi connectivity index (χ1) is 6.70. The summed E-state index contributed by atoms with van der Waals surface area (Å²) in [6.45, 7) is 1.91. The van der Waals surface area contributed by atoms with Gasteiger partial charge >= 0.3 is 5.97 Å². The van der Waals surface area contributed by atoms with Gasteiger partial charge in [-0.2, -0.15) is 0 Å². The van der Waals surface area contributed by atoms with Crippen LogP contribution in [0.2, 0.25) is 0 Å². The molecule has 0 spiro atoms. The molecule has 2 saturated carbocycles. The van der Waals surface area contributed by atoms with Crippen molar-refractivity contribution in [2.45, 2.75) is 45.4 Å². The maximum Gasteiger partial charge on any atom is 0.306 e. The summed E-state index contributed by atoms with van der Waals surface area (Å²) in [6.07, 6.45) is 7.75. The molecule has 14 heavy (non-hydrogen) atoms. The van der Waals surface area contributed by atoms with Crippen molar-refractivity contribution in [1.29, 1.82) is 0 Å². The van der Waals surface area contributed by atoms with Crippen LogP contribution in [0.25, 0.3) is 0 Å². The zero-order valence-corrected chi connectivity index (χ0v) is 8.91. The normalized spacial score (nSPS) is 25.6. The van der Waals surface area contributed by atoms with Gasteiger partial charge in [-0.1, -0.05) is 45.4 Å². The van der Waals surface area contributed by atoms with Crippen molar-refractivity contribution in [2.75, 3.05) is 0 Å². The van der Waals surface area contributed by atoms with Gasteiger partial charge in [0.25, 0.3) is 0 Å². The summed E-state index contributed by atoms with van der Waals surface area (Å²) in [5, 5.41) is 9.09. The molecule has 0 amide bonds. The second-order valence-corrected chi connectivity index (χ2v) is 5.09. The molecule has 0 aromatic carbocycles. The lowest BCUT2D eigenvalue weighted by atomic mass is 9.60. The molecule has 0 saturated heterocycles. The molecule has 2 nitrogen and oxygen atoms in total. The fourth-order valence-electron chi connectivity index (χ4n) is 3.02. The van der Waals surface area contributed by atoms with Crippen LogP contribution in [0, 0.1) is 23.7 Å². The van der Waals surface area contributed by atoms with E-state index in [1.807, 2.05) is 6.92 Å². The Morgan fingerprint density at radius 1 is 1.14 bits per heavy atom. The first-order valence-corrected chi connectivity index (χ1v) is 5.93. The molecule has 0 bridgehead atoms. The molecule has 1 atom stereocenters. The third-order valence-electron chi connectivity index (χ3n) is 4.36. The molecule has 2 rings (SSSR count). The van der Waals surface area contributed by atoms with Crippen molar-refractivity contribution in [3.8, 4) is 0 Å². The van der Waals surface area contributed by atoms with Crippen LogP contribution >= 0.6 is 0 Å². The number of carbonyl (C=O) groups is 1. The smallest absolute Gasteiger partial charge is 0.306 e. The predicted molar refractivity (Wildman–Crippen MR) is 55.0 cm³/mol. The number of carboxylic acid groups (broad SMARTS) is 1. The zero-order chi connectivity index (χ0) is 10.1. The predicted octanol–water partition coefficient (Wildman–Crippen LogP) is 2.92. The maximum atomic E-state index is 11.0. The number of carboxylic acids is 1. The minimum Gasteiger partial charge on any atom is -0.481 e. The lowest BCUT2D eigenvalue weighted by molar-refractivity contribution is -0.146. The number of aliphatic carboxylic acids is 1. The van der Waals surface area contributed by atoms with Crippen LogP contribution in [-0.4, -0.2) is 11.1 Å². The average Bonchev–Trinajstić information content (AvgIpc) is 1.94. The van der Waals surface area contributed by atoms with Gasteiger partial charge in [-0.05, 0) is 17.8 Å². The quantitative estimate of drug-likeness (QED) is 0.750. The molecule has 2 aliphatic rings. The van der Waals surface area contributed by atoms with Crippen molar-refractivity contribution in [3.05, 3.63) is 0 Å². The highest BCUT2D eigenvalue weighted by atomic mass is 16.4. The lowest BCUT2D eigenvalue weighted by Crippen LogP contribution is -2.39. The van der Waals surface area contributed by atoms with Crippen LogP contribution < -0.4 is 0 Å². The summed E-state index contributed by atoms with van der Waals surface area (Å²) in [5.74, 6) is 1.23. The first kappa shape index (κ1) is 10.0. The minimum absolute atomic E-state index is 0.120. The van der Waals surface area contributed by atoms with Crippen LogP contribution in [0.15, 0.2) is 0 Å². The van der Waals surface area contributed by atoms with E-state index >= 15 is 0 Å². The molecule has 1 N–H and O–H groups in total. The van der Waals surface area contributed by atoms with Crippen LogP contribution in [0.3, 0.4) is 0 Å². The molecule has 0 unspecified atom stereocenters. The summed E-state index contributed by atoms with van der Waals surface area (Å²) in [7, 11) is 0. The molecule has 80 valence electrons. The van der Waals surface area contributed by atoms with E-state index in [1.54, 1.807) is 0 Å². The van der Waals surface area contributed by atoms with Crippen LogP contribution in [-0.2, 0) is 4.79 Å². The lowest BCUT2D eigenvalue weighted by Gasteiger charge is -2.44. The summed E-state index contributed by atoms with van der Waals surface area (Å²) < 4.78 is 0. The Morgan fingerprint density at radius 3 is 1.79 bits per heavy atom. The molecule has 0 aromatic rings. The highest BCUT2D eigenvalue weighted by molar-refractivity contribution is 5.70. The molecule has 2 aliphatic carbocycles. The maximum absolute atomic E-state index is 11.0. The summed E-state index contributed by atoms with van der Waals surface area (Å²) in [4.78, 5) is 11.0. The van der Waals surface area contributed by atoms with Crippen molar-refractivity contribution >= 4 is 5.97 Å². The Kier molecular flexibility index (Phi) is 2.80. The molecular formula is C12H20O2. The second-order valence-electron chi connectivity index (χ2n) is 5.09. The van der Waals surface area contributed by atoms with Gasteiger partial charge in [-0.25, -0.2) is 0 Å². The molecule has 0 heterocycles. The Balaban J connectivity index is 2.00.